The van der Waals surface area contributed by atoms with Crippen molar-refractivity contribution in [2.45, 2.75) is 69.6 Å². The monoisotopic (exact) mass is 420 g/mol. The highest BCUT2D eigenvalue weighted by atomic mass is 32.2. The minimum Gasteiger partial charge on any atom is -0.377 e. The molecule has 0 aromatic rings. The smallest absolute Gasteiger partial charge is 0.225 e. The standard InChI is InChI=1S/C22H36N4O2S/c1-23-21(25-18-17-7-12-28-19(17)22(18)8-2-9-22)24-16-5-3-15(4-6-16)20(27)26-10-13-29-14-11-26/h15-19H,2-14H2,1H3,(H2,23,24,25). The number of hydrogen-bond donors (Lipinski definition) is 2. The molecule has 5 rings (SSSR count). The first-order valence-corrected chi connectivity index (χ1v) is 12.8. The number of hydrogen-bond acceptors (Lipinski definition) is 4. The van der Waals surface area contributed by atoms with Crippen molar-refractivity contribution in [3.63, 3.8) is 0 Å². The van der Waals surface area contributed by atoms with Crippen LogP contribution in [-0.2, 0) is 9.53 Å². The van der Waals surface area contributed by atoms with Crippen LogP contribution in [0.25, 0.3) is 0 Å². The molecule has 5 aliphatic rings. The van der Waals surface area contributed by atoms with E-state index in [-0.39, 0.29) is 5.92 Å². The molecular weight excluding hydrogens is 384 g/mol. The minimum absolute atomic E-state index is 0.229. The Morgan fingerprint density at radius 2 is 1.86 bits per heavy atom. The fraction of sp³-hybridized carbons (Fsp3) is 0.909. The number of guanidine groups is 1. The Balaban J connectivity index is 1.11. The molecule has 1 amide bonds. The van der Waals surface area contributed by atoms with Crippen LogP contribution in [0.5, 0.6) is 0 Å². The fourth-order valence-electron chi connectivity index (χ4n) is 6.49. The lowest BCUT2D eigenvalue weighted by Gasteiger charge is -2.63. The van der Waals surface area contributed by atoms with E-state index in [9.17, 15) is 4.79 Å². The normalized spacial score (nSPS) is 38.7. The number of carbonyl (C=O) groups is 1. The van der Waals surface area contributed by atoms with Gasteiger partial charge >= 0.3 is 0 Å². The first-order chi connectivity index (χ1) is 14.2. The van der Waals surface area contributed by atoms with Crippen LogP contribution in [-0.4, -0.2) is 73.2 Å². The van der Waals surface area contributed by atoms with Gasteiger partial charge in [0.25, 0.3) is 0 Å². The number of nitrogens with zero attached hydrogens (tertiary/aromatic N) is 2. The number of amides is 1. The molecule has 6 nitrogen and oxygen atoms in total. The van der Waals surface area contributed by atoms with Gasteiger partial charge in [0, 0.05) is 67.6 Å². The highest BCUT2D eigenvalue weighted by molar-refractivity contribution is 7.99. The third-order valence-electron chi connectivity index (χ3n) is 8.29. The average molecular weight is 421 g/mol. The number of ether oxygens (including phenoxy) is 1. The van der Waals surface area contributed by atoms with Crippen molar-refractivity contribution < 1.29 is 9.53 Å². The Morgan fingerprint density at radius 1 is 1.10 bits per heavy atom. The van der Waals surface area contributed by atoms with Gasteiger partial charge in [-0.3, -0.25) is 9.79 Å². The summed E-state index contributed by atoms with van der Waals surface area (Å²) < 4.78 is 6.05. The van der Waals surface area contributed by atoms with E-state index < -0.39 is 0 Å². The van der Waals surface area contributed by atoms with Gasteiger partial charge in [-0.15, -0.1) is 0 Å². The third-order valence-corrected chi connectivity index (χ3v) is 9.23. The van der Waals surface area contributed by atoms with Crippen molar-refractivity contribution in [2.75, 3.05) is 38.2 Å². The quantitative estimate of drug-likeness (QED) is 0.542. The zero-order chi connectivity index (χ0) is 19.8. The van der Waals surface area contributed by atoms with Crippen LogP contribution in [0.15, 0.2) is 4.99 Å². The molecule has 3 aliphatic carbocycles. The van der Waals surface area contributed by atoms with Crippen LogP contribution in [0.2, 0.25) is 0 Å². The summed E-state index contributed by atoms with van der Waals surface area (Å²) >= 11 is 1.96. The highest BCUT2D eigenvalue weighted by Crippen LogP contribution is 2.62. The maximum atomic E-state index is 12.8. The van der Waals surface area contributed by atoms with Crippen molar-refractivity contribution in [3.8, 4) is 0 Å². The van der Waals surface area contributed by atoms with E-state index in [0.717, 1.165) is 62.8 Å². The Kier molecular flexibility index (Phi) is 5.71. The third kappa shape index (κ3) is 3.56. The molecule has 3 unspecified atom stereocenters. The number of rotatable bonds is 3. The average Bonchev–Trinajstić information content (AvgIpc) is 3.15. The zero-order valence-corrected chi connectivity index (χ0v) is 18.5. The van der Waals surface area contributed by atoms with Gasteiger partial charge in [0.1, 0.15) is 0 Å². The summed E-state index contributed by atoms with van der Waals surface area (Å²) in [7, 11) is 1.88. The first-order valence-electron chi connectivity index (χ1n) is 11.7. The predicted octanol–water partition coefficient (Wildman–Crippen LogP) is 2.24. The summed E-state index contributed by atoms with van der Waals surface area (Å²) in [6, 6.07) is 0.944. The zero-order valence-electron chi connectivity index (χ0n) is 17.7. The second-order valence-corrected chi connectivity index (χ2v) is 10.9. The molecule has 0 aromatic carbocycles. The minimum atomic E-state index is 0.229. The largest absolute Gasteiger partial charge is 0.377 e. The van der Waals surface area contributed by atoms with Gasteiger partial charge in [-0.1, -0.05) is 6.42 Å². The van der Waals surface area contributed by atoms with Crippen molar-refractivity contribution in [1.82, 2.24) is 15.5 Å². The van der Waals surface area contributed by atoms with Gasteiger partial charge in [-0.05, 0) is 44.9 Å². The van der Waals surface area contributed by atoms with E-state index in [2.05, 4.69) is 20.5 Å². The lowest BCUT2D eigenvalue weighted by molar-refractivity contribution is -0.171. The molecule has 1 spiro atoms. The molecule has 2 aliphatic heterocycles. The molecule has 0 aromatic heterocycles. The molecule has 3 saturated carbocycles. The molecule has 2 saturated heterocycles. The summed E-state index contributed by atoms with van der Waals surface area (Å²) in [5, 5.41) is 7.46. The van der Waals surface area contributed by atoms with Gasteiger partial charge in [-0.2, -0.15) is 11.8 Å². The summed E-state index contributed by atoms with van der Waals surface area (Å²) in [5.74, 6) is 4.44. The second kappa shape index (κ2) is 8.29. The van der Waals surface area contributed by atoms with Crippen LogP contribution < -0.4 is 10.6 Å². The number of thioether (sulfide) groups is 1. The number of carbonyl (C=O) groups excluding carboxylic acids is 1. The molecule has 162 valence electrons. The van der Waals surface area contributed by atoms with Crippen molar-refractivity contribution in [1.29, 1.82) is 0 Å². The van der Waals surface area contributed by atoms with E-state index in [0.29, 0.717) is 35.4 Å². The van der Waals surface area contributed by atoms with Gasteiger partial charge in [0.2, 0.25) is 5.91 Å². The lowest BCUT2D eigenvalue weighted by atomic mass is 9.46. The van der Waals surface area contributed by atoms with Gasteiger partial charge < -0.3 is 20.3 Å². The van der Waals surface area contributed by atoms with Gasteiger partial charge in [0.05, 0.1) is 6.10 Å². The van der Waals surface area contributed by atoms with E-state index in [1.54, 1.807) is 0 Å². The molecule has 2 heterocycles. The molecule has 0 radical (unpaired) electrons. The number of nitrogens with one attached hydrogen (secondary N) is 2. The van der Waals surface area contributed by atoms with Crippen LogP contribution in [0.3, 0.4) is 0 Å². The van der Waals surface area contributed by atoms with Crippen LogP contribution in [0, 0.1) is 17.3 Å². The Morgan fingerprint density at radius 3 is 2.52 bits per heavy atom. The van der Waals surface area contributed by atoms with Crippen molar-refractivity contribution >= 4 is 23.6 Å². The van der Waals surface area contributed by atoms with E-state index in [1.165, 1.54) is 25.7 Å². The predicted molar refractivity (Wildman–Crippen MR) is 117 cm³/mol. The molecular formula is C22H36N4O2S. The summed E-state index contributed by atoms with van der Waals surface area (Å²) in [6.07, 6.45) is 9.73. The lowest BCUT2D eigenvalue weighted by Crippen LogP contribution is -2.72. The Hall–Kier alpha value is -0.950. The van der Waals surface area contributed by atoms with Crippen molar-refractivity contribution in [2.24, 2.45) is 22.2 Å². The van der Waals surface area contributed by atoms with E-state index in [1.807, 2.05) is 18.8 Å². The van der Waals surface area contributed by atoms with Crippen LogP contribution in [0.4, 0.5) is 0 Å². The van der Waals surface area contributed by atoms with Crippen LogP contribution in [0.1, 0.15) is 51.4 Å². The topological polar surface area (TPSA) is 66.0 Å². The second-order valence-electron chi connectivity index (χ2n) is 9.66. The maximum Gasteiger partial charge on any atom is 0.225 e. The molecule has 3 atom stereocenters. The number of fused-ring (bicyclic) bond motifs is 2. The summed E-state index contributed by atoms with van der Waals surface area (Å²) in [6.45, 7) is 2.80. The molecule has 5 fully saturated rings. The molecule has 7 heteroatoms. The van der Waals surface area contributed by atoms with Gasteiger partial charge in [0.15, 0.2) is 5.96 Å². The SMILES string of the molecule is CN=C(NC1CCC(C(=O)N2CCSCC2)CC1)NC1C2CCOC2C12CCC2. The van der Waals surface area contributed by atoms with E-state index >= 15 is 0 Å². The molecule has 29 heavy (non-hydrogen) atoms. The van der Waals surface area contributed by atoms with Gasteiger partial charge in [-0.25, -0.2) is 0 Å². The van der Waals surface area contributed by atoms with E-state index in [4.69, 9.17) is 4.74 Å². The summed E-state index contributed by atoms with van der Waals surface area (Å²) in [4.78, 5) is 19.4. The fourth-order valence-corrected chi connectivity index (χ4v) is 7.40. The Labute approximate surface area is 179 Å². The molecule has 2 N–H and O–H groups in total. The summed E-state index contributed by atoms with van der Waals surface area (Å²) in [5.41, 5.74) is 0.371. The highest BCUT2D eigenvalue weighted by Gasteiger charge is 2.66. The van der Waals surface area contributed by atoms with Crippen molar-refractivity contribution in [3.05, 3.63) is 0 Å². The first kappa shape index (κ1) is 20.0. The number of aliphatic imine (C=N–C) groups is 1. The maximum absolute atomic E-state index is 12.8. The Bertz CT molecular complexity index is 639. The molecule has 0 bridgehead atoms. The van der Waals surface area contributed by atoms with Crippen LogP contribution >= 0.6 is 11.8 Å².